The van der Waals surface area contributed by atoms with Crippen LogP contribution in [0.4, 0.5) is 0 Å². The second-order valence-electron chi connectivity index (χ2n) is 7.47. The number of fused-ring (bicyclic) bond motifs is 1. The van der Waals surface area contributed by atoms with Gasteiger partial charge in [-0.3, -0.25) is 15.6 Å². The van der Waals surface area contributed by atoms with Gasteiger partial charge in [-0.15, -0.1) is 0 Å². The van der Waals surface area contributed by atoms with E-state index in [1.807, 2.05) is 37.4 Å². The van der Waals surface area contributed by atoms with Crippen molar-refractivity contribution in [2.45, 2.75) is 31.3 Å². The average Bonchev–Trinajstić information content (AvgIpc) is 3.34. The van der Waals surface area contributed by atoms with E-state index in [0.29, 0.717) is 22.8 Å². The van der Waals surface area contributed by atoms with Crippen molar-refractivity contribution in [1.29, 1.82) is 0 Å². The second-order valence-corrected chi connectivity index (χ2v) is 7.90. The van der Waals surface area contributed by atoms with Crippen molar-refractivity contribution in [3.8, 4) is 0 Å². The Hall–Kier alpha value is -2.34. The first-order valence-corrected chi connectivity index (χ1v) is 10.1. The molecule has 0 radical (unpaired) electrons. The fraction of sp³-hybridized carbons (Fsp3) is 0.318. The largest absolute Gasteiger partial charge is 0.351 e. The number of benzene rings is 2. The van der Waals surface area contributed by atoms with Crippen molar-refractivity contribution in [3.63, 3.8) is 0 Å². The lowest BCUT2D eigenvalue weighted by molar-refractivity contribution is 0.0787. The molecule has 1 aliphatic heterocycles. The lowest BCUT2D eigenvalue weighted by Crippen LogP contribution is -2.32. The molecular formula is C22H25ClN4O. The molecule has 1 aromatic heterocycles. The molecule has 2 atom stereocenters. The maximum Gasteiger partial charge on any atom is 0.270 e. The average molecular weight is 397 g/mol. The van der Waals surface area contributed by atoms with Gasteiger partial charge >= 0.3 is 0 Å². The van der Waals surface area contributed by atoms with E-state index < -0.39 is 0 Å². The highest BCUT2D eigenvalue weighted by atomic mass is 35.5. The van der Waals surface area contributed by atoms with Crippen LogP contribution in [0, 0.1) is 0 Å². The molecule has 1 aliphatic rings. The molecule has 3 N–H and O–H groups in total. The smallest absolute Gasteiger partial charge is 0.270 e. The van der Waals surface area contributed by atoms with Crippen LogP contribution in [0.15, 0.2) is 54.6 Å². The van der Waals surface area contributed by atoms with Crippen LogP contribution in [0.1, 0.15) is 41.4 Å². The van der Waals surface area contributed by atoms with Gasteiger partial charge in [-0.05, 0) is 49.1 Å². The number of carbonyl (C=O) groups is 1. The number of H-pyrrole nitrogens is 1. The van der Waals surface area contributed by atoms with Gasteiger partial charge in [0, 0.05) is 41.6 Å². The van der Waals surface area contributed by atoms with Gasteiger partial charge in [0.25, 0.3) is 5.91 Å². The Kier molecular flexibility index (Phi) is 5.67. The molecule has 28 heavy (non-hydrogen) atoms. The van der Waals surface area contributed by atoms with E-state index >= 15 is 0 Å². The Bertz CT molecular complexity index is 956. The predicted octanol–water partition coefficient (Wildman–Crippen LogP) is 4.28. The van der Waals surface area contributed by atoms with E-state index in [-0.39, 0.29) is 5.91 Å². The van der Waals surface area contributed by atoms with Crippen LogP contribution in [-0.4, -0.2) is 35.4 Å². The summed E-state index contributed by atoms with van der Waals surface area (Å²) in [5.74, 6) is 0.00647. The molecule has 0 saturated carbocycles. The molecular weight excluding hydrogens is 372 g/mol. The number of rotatable bonds is 6. The van der Waals surface area contributed by atoms with E-state index in [0.717, 1.165) is 36.7 Å². The number of aromatic amines is 1. The molecule has 1 fully saturated rings. The van der Waals surface area contributed by atoms with E-state index in [1.54, 1.807) is 4.90 Å². The summed E-state index contributed by atoms with van der Waals surface area (Å²) >= 11 is 6.03. The Labute approximate surface area is 170 Å². The highest BCUT2D eigenvalue weighted by molar-refractivity contribution is 6.31. The van der Waals surface area contributed by atoms with Crippen LogP contribution in [-0.2, 0) is 0 Å². The second kappa shape index (κ2) is 8.35. The van der Waals surface area contributed by atoms with Crippen LogP contribution in [0.2, 0.25) is 5.02 Å². The zero-order valence-electron chi connectivity index (χ0n) is 15.9. The number of hydrazine groups is 1. The third kappa shape index (κ3) is 4.22. The molecule has 0 spiro atoms. The van der Waals surface area contributed by atoms with Gasteiger partial charge in [-0.2, -0.15) is 0 Å². The highest BCUT2D eigenvalue weighted by Crippen LogP contribution is 2.24. The first-order chi connectivity index (χ1) is 13.6. The van der Waals surface area contributed by atoms with Gasteiger partial charge in [0.05, 0.1) is 0 Å². The topological polar surface area (TPSA) is 60.2 Å². The number of amides is 1. The molecule has 2 aromatic carbocycles. The SMILES string of the molecule is CN(CCCC1CC(c2ccccc2)NN1)C(=O)c1cc2cc(Cl)ccc2[nH]1. The molecule has 4 rings (SSSR count). The maximum absolute atomic E-state index is 12.7. The summed E-state index contributed by atoms with van der Waals surface area (Å²) in [6.07, 6.45) is 3.04. The minimum atomic E-state index is 0.00647. The summed E-state index contributed by atoms with van der Waals surface area (Å²) < 4.78 is 0. The molecule has 5 nitrogen and oxygen atoms in total. The van der Waals surface area contributed by atoms with Crippen molar-refractivity contribution in [2.24, 2.45) is 0 Å². The lowest BCUT2D eigenvalue weighted by Gasteiger charge is -2.17. The van der Waals surface area contributed by atoms with Crippen molar-refractivity contribution in [2.75, 3.05) is 13.6 Å². The Morgan fingerprint density at radius 1 is 1.14 bits per heavy atom. The number of aromatic nitrogens is 1. The zero-order chi connectivity index (χ0) is 19.5. The number of nitrogens with one attached hydrogen (secondary N) is 3. The minimum absolute atomic E-state index is 0.00647. The fourth-order valence-corrected chi connectivity index (χ4v) is 4.00. The number of hydrogen-bond acceptors (Lipinski definition) is 3. The van der Waals surface area contributed by atoms with E-state index in [4.69, 9.17) is 11.6 Å². The Morgan fingerprint density at radius 2 is 1.96 bits per heavy atom. The maximum atomic E-state index is 12.7. The van der Waals surface area contributed by atoms with Crippen LogP contribution in [0.5, 0.6) is 0 Å². The third-order valence-electron chi connectivity index (χ3n) is 5.39. The minimum Gasteiger partial charge on any atom is -0.351 e. The molecule has 1 saturated heterocycles. The standard InChI is InChI=1S/C22H25ClN4O/c1-27(22(28)21-13-16-12-17(23)9-10-19(16)24-21)11-5-8-18-14-20(26-25-18)15-6-3-2-4-7-15/h2-4,6-7,9-10,12-13,18,20,24-26H,5,8,11,14H2,1H3. The Balaban J connectivity index is 1.27. The van der Waals surface area contributed by atoms with Crippen molar-refractivity contribution in [3.05, 3.63) is 70.9 Å². The van der Waals surface area contributed by atoms with Crippen molar-refractivity contribution >= 4 is 28.4 Å². The molecule has 2 unspecified atom stereocenters. The van der Waals surface area contributed by atoms with Gasteiger partial charge in [-0.25, -0.2) is 0 Å². The van der Waals surface area contributed by atoms with Crippen molar-refractivity contribution in [1.82, 2.24) is 20.7 Å². The Morgan fingerprint density at radius 3 is 2.79 bits per heavy atom. The normalized spacial score (nSPS) is 19.2. The monoisotopic (exact) mass is 396 g/mol. The summed E-state index contributed by atoms with van der Waals surface area (Å²) in [6.45, 7) is 0.725. The van der Waals surface area contributed by atoms with Gasteiger partial charge < -0.3 is 9.88 Å². The van der Waals surface area contributed by atoms with Crippen LogP contribution >= 0.6 is 11.6 Å². The molecule has 146 valence electrons. The molecule has 6 heteroatoms. The van der Waals surface area contributed by atoms with E-state index in [9.17, 15) is 4.79 Å². The molecule has 3 aromatic rings. The first-order valence-electron chi connectivity index (χ1n) is 9.70. The van der Waals surface area contributed by atoms with E-state index in [2.05, 4.69) is 40.1 Å². The van der Waals surface area contributed by atoms with Crippen LogP contribution in [0.3, 0.4) is 0 Å². The lowest BCUT2D eigenvalue weighted by atomic mass is 10.00. The summed E-state index contributed by atoms with van der Waals surface area (Å²) in [6, 6.07) is 18.7. The summed E-state index contributed by atoms with van der Waals surface area (Å²) in [7, 11) is 1.86. The number of carbonyl (C=O) groups excluding carboxylic acids is 1. The molecule has 1 amide bonds. The zero-order valence-corrected chi connectivity index (χ0v) is 16.7. The fourth-order valence-electron chi connectivity index (χ4n) is 3.82. The number of nitrogens with zero attached hydrogens (tertiary/aromatic N) is 1. The summed E-state index contributed by atoms with van der Waals surface area (Å²) in [5, 5.41) is 1.63. The third-order valence-corrected chi connectivity index (χ3v) is 5.62. The summed E-state index contributed by atoms with van der Waals surface area (Å²) in [4.78, 5) is 17.7. The summed E-state index contributed by atoms with van der Waals surface area (Å²) in [5.41, 5.74) is 9.61. The molecule has 2 heterocycles. The van der Waals surface area contributed by atoms with Gasteiger partial charge in [0.2, 0.25) is 0 Å². The highest BCUT2D eigenvalue weighted by Gasteiger charge is 2.24. The van der Waals surface area contributed by atoms with Gasteiger partial charge in [0.15, 0.2) is 0 Å². The van der Waals surface area contributed by atoms with Crippen LogP contribution < -0.4 is 10.9 Å². The molecule has 0 aliphatic carbocycles. The number of hydrogen-bond donors (Lipinski definition) is 3. The van der Waals surface area contributed by atoms with Crippen LogP contribution in [0.25, 0.3) is 10.9 Å². The van der Waals surface area contributed by atoms with Gasteiger partial charge in [0.1, 0.15) is 5.69 Å². The van der Waals surface area contributed by atoms with E-state index in [1.165, 1.54) is 5.56 Å². The van der Waals surface area contributed by atoms with Gasteiger partial charge in [-0.1, -0.05) is 41.9 Å². The first kappa shape index (κ1) is 19.0. The quantitative estimate of drug-likeness (QED) is 0.582. The van der Waals surface area contributed by atoms with Crippen molar-refractivity contribution < 1.29 is 4.79 Å². The molecule has 0 bridgehead atoms. The predicted molar refractivity (Wildman–Crippen MR) is 113 cm³/mol. The number of halogens is 1.